The highest BCUT2D eigenvalue weighted by molar-refractivity contribution is 6.28. The maximum absolute atomic E-state index is 14.4. The maximum Gasteiger partial charge on any atom is 0.261 e. The van der Waals surface area contributed by atoms with Crippen molar-refractivity contribution in [3.63, 3.8) is 0 Å². The molecule has 9 rings (SSSR count). The molecule has 6 heteroatoms. The van der Waals surface area contributed by atoms with Crippen LogP contribution < -0.4 is 0 Å². The standard InChI is InChI=1S/C69H84N2O4/c1-9-17-23-45(13-5)41-69(42-46(14-6)24-18-10-2)61-39-49(51-35-37-59-63-55(51)27-21-29-57(63)65(72)70(67(59)74)43-47(15-7)25-19-11-3)31-33-53(61)54-34-32-50(40-62(54)69)52-36-38-60-64-56(52)28-22-30-58(64)66(73)71(68(60)75)44-48(16-8)26-20-12-4/h21-22,27-40,45-48H,9-20,23-26,41-44H2,1-8H3. The van der Waals surface area contributed by atoms with Crippen molar-refractivity contribution in [3.05, 3.63) is 130 Å². The summed E-state index contributed by atoms with van der Waals surface area (Å²) in [6.07, 6.45) is 19.6. The molecule has 2 heterocycles. The van der Waals surface area contributed by atoms with Gasteiger partial charge in [0.2, 0.25) is 0 Å². The zero-order valence-electron chi connectivity index (χ0n) is 46.7. The molecule has 394 valence electrons. The molecule has 1 aliphatic carbocycles. The molecule has 4 atom stereocenters. The van der Waals surface area contributed by atoms with Crippen LogP contribution in [-0.2, 0) is 5.41 Å². The minimum Gasteiger partial charge on any atom is -0.274 e. The number of amides is 4. The minimum atomic E-state index is -0.293. The summed E-state index contributed by atoms with van der Waals surface area (Å²) in [5.41, 5.74) is 11.8. The molecule has 0 N–H and O–H groups in total. The van der Waals surface area contributed by atoms with E-state index in [2.05, 4.69) is 116 Å². The van der Waals surface area contributed by atoms with Gasteiger partial charge in [0.05, 0.1) is 0 Å². The van der Waals surface area contributed by atoms with Crippen molar-refractivity contribution in [2.24, 2.45) is 23.7 Å². The summed E-state index contributed by atoms with van der Waals surface area (Å²) in [6, 6.07) is 34.5. The van der Waals surface area contributed by atoms with E-state index in [1.807, 2.05) is 36.4 Å². The van der Waals surface area contributed by atoms with Crippen LogP contribution in [-0.4, -0.2) is 46.5 Å². The van der Waals surface area contributed by atoms with Crippen LogP contribution in [0.1, 0.15) is 224 Å². The first-order valence-electron chi connectivity index (χ1n) is 29.6. The SMILES string of the molecule is CCCCC(CC)CN1C(=O)c2cccc3c(-c4ccc5c(c4)C(CC(CC)CCCC)(CC(CC)CCCC)c4cc(-c6ccc7c8c(cccc68)C(=O)N(CC(CC)CCCC)C7=O)ccc4-5)ccc(c23)C1=O. The molecule has 6 nitrogen and oxygen atoms in total. The summed E-state index contributed by atoms with van der Waals surface area (Å²) in [5.74, 6) is 0.869. The molecule has 2 aliphatic heterocycles. The van der Waals surface area contributed by atoms with E-state index in [1.165, 1.54) is 57.7 Å². The lowest BCUT2D eigenvalue weighted by molar-refractivity contribution is 0.0565. The maximum atomic E-state index is 14.4. The van der Waals surface area contributed by atoms with Crippen LogP contribution in [0.2, 0.25) is 0 Å². The molecule has 0 fully saturated rings. The van der Waals surface area contributed by atoms with Gasteiger partial charge < -0.3 is 0 Å². The third kappa shape index (κ3) is 10.1. The first kappa shape index (κ1) is 53.9. The van der Waals surface area contributed by atoms with Crippen molar-refractivity contribution < 1.29 is 19.2 Å². The monoisotopic (exact) mass is 1000 g/mol. The lowest BCUT2D eigenvalue weighted by atomic mass is 9.64. The molecule has 0 aromatic heterocycles. The number of fused-ring (bicyclic) bond motifs is 3. The Morgan fingerprint density at radius 1 is 0.373 bits per heavy atom. The van der Waals surface area contributed by atoms with Crippen LogP contribution in [0.15, 0.2) is 97.1 Å². The van der Waals surface area contributed by atoms with Gasteiger partial charge in [-0.3, -0.25) is 29.0 Å². The molecular formula is C69H84N2O4. The molecule has 0 spiro atoms. The largest absolute Gasteiger partial charge is 0.274 e. The molecule has 4 unspecified atom stereocenters. The van der Waals surface area contributed by atoms with Crippen LogP contribution in [0.5, 0.6) is 0 Å². The minimum absolute atomic E-state index is 0.182. The molecule has 6 aromatic carbocycles. The molecular weight excluding hydrogens is 921 g/mol. The number of unbranched alkanes of at least 4 members (excludes halogenated alkanes) is 4. The van der Waals surface area contributed by atoms with Gasteiger partial charge in [0.25, 0.3) is 23.6 Å². The fourth-order valence-corrected chi connectivity index (χ4v) is 13.7. The van der Waals surface area contributed by atoms with Crippen molar-refractivity contribution in [1.29, 1.82) is 0 Å². The van der Waals surface area contributed by atoms with E-state index in [9.17, 15) is 19.2 Å². The normalized spacial score (nSPS) is 17.5. The number of benzene rings is 6. The van der Waals surface area contributed by atoms with Crippen LogP contribution in [0.3, 0.4) is 0 Å². The molecule has 0 saturated heterocycles. The number of hydrogen-bond acceptors (Lipinski definition) is 4. The topological polar surface area (TPSA) is 74.8 Å². The first-order valence-corrected chi connectivity index (χ1v) is 29.6. The predicted molar refractivity (Wildman–Crippen MR) is 312 cm³/mol. The summed E-state index contributed by atoms with van der Waals surface area (Å²) < 4.78 is 0. The van der Waals surface area contributed by atoms with Gasteiger partial charge in [0.15, 0.2) is 0 Å². The third-order valence-electron chi connectivity index (χ3n) is 18.3. The van der Waals surface area contributed by atoms with E-state index in [4.69, 9.17) is 0 Å². The van der Waals surface area contributed by atoms with Crippen molar-refractivity contribution in [1.82, 2.24) is 9.80 Å². The van der Waals surface area contributed by atoms with Gasteiger partial charge in [-0.05, 0) is 141 Å². The Hall–Kier alpha value is -5.88. The van der Waals surface area contributed by atoms with Crippen LogP contribution >= 0.6 is 0 Å². The first-order chi connectivity index (χ1) is 36.5. The second-order valence-corrected chi connectivity index (χ2v) is 22.9. The number of imide groups is 2. The predicted octanol–water partition coefficient (Wildman–Crippen LogP) is 18.4. The highest BCUT2D eigenvalue weighted by atomic mass is 16.2. The number of rotatable bonds is 26. The second kappa shape index (κ2) is 23.6. The summed E-state index contributed by atoms with van der Waals surface area (Å²) in [4.78, 5) is 60.7. The molecule has 0 bridgehead atoms. The summed E-state index contributed by atoms with van der Waals surface area (Å²) in [5, 5.41) is 3.43. The lowest BCUT2D eigenvalue weighted by Gasteiger charge is -2.39. The molecule has 0 saturated carbocycles. The number of carbonyl (C=O) groups excluding carboxylic acids is 4. The Morgan fingerprint density at radius 3 is 1.04 bits per heavy atom. The van der Waals surface area contributed by atoms with Gasteiger partial charge in [0.1, 0.15) is 0 Å². The number of hydrogen-bond donors (Lipinski definition) is 0. The van der Waals surface area contributed by atoms with Gasteiger partial charge in [-0.1, -0.05) is 206 Å². The van der Waals surface area contributed by atoms with E-state index < -0.39 is 0 Å². The van der Waals surface area contributed by atoms with Gasteiger partial charge >= 0.3 is 0 Å². The quantitative estimate of drug-likeness (QED) is 0.0508. The summed E-state index contributed by atoms with van der Waals surface area (Å²) in [7, 11) is 0. The Labute approximate surface area is 449 Å². The Morgan fingerprint density at radius 2 is 0.693 bits per heavy atom. The molecule has 6 aromatic rings. The zero-order chi connectivity index (χ0) is 53.0. The van der Waals surface area contributed by atoms with Crippen LogP contribution in [0.25, 0.3) is 54.9 Å². The third-order valence-corrected chi connectivity index (χ3v) is 18.3. The van der Waals surface area contributed by atoms with Gasteiger partial charge in [-0.15, -0.1) is 0 Å². The fourth-order valence-electron chi connectivity index (χ4n) is 13.7. The fraction of sp³-hybridized carbons (Fsp3) is 0.478. The molecule has 0 radical (unpaired) electrons. The van der Waals surface area contributed by atoms with Crippen LogP contribution in [0.4, 0.5) is 0 Å². The van der Waals surface area contributed by atoms with E-state index in [0.717, 1.165) is 134 Å². The Kier molecular flexibility index (Phi) is 16.9. The summed E-state index contributed by atoms with van der Waals surface area (Å²) in [6.45, 7) is 19.0. The lowest BCUT2D eigenvalue weighted by Crippen LogP contribution is -2.43. The van der Waals surface area contributed by atoms with Gasteiger partial charge in [-0.2, -0.15) is 0 Å². The average Bonchev–Trinajstić information content (AvgIpc) is 3.70. The van der Waals surface area contributed by atoms with Crippen molar-refractivity contribution in [2.75, 3.05) is 13.1 Å². The summed E-state index contributed by atoms with van der Waals surface area (Å²) >= 11 is 0. The highest BCUT2D eigenvalue weighted by Gasteiger charge is 2.46. The van der Waals surface area contributed by atoms with E-state index >= 15 is 0 Å². The number of nitrogens with zero attached hydrogens (tertiary/aromatic N) is 2. The van der Waals surface area contributed by atoms with Crippen LogP contribution in [0, 0.1) is 23.7 Å². The van der Waals surface area contributed by atoms with E-state index in [0.29, 0.717) is 47.2 Å². The molecule has 4 amide bonds. The van der Waals surface area contributed by atoms with Gasteiger partial charge in [0, 0.05) is 51.5 Å². The second-order valence-electron chi connectivity index (χ2n) is 22.9. The van der Waals surface area contributed by atoms with Gasteiger partial charge in [-0.25, -0.2) is 0 Å². The van der Waals surface area contributed by atoms with Crippen molar-refractivity contribution >= 4 is 45.2 Å². The van der Waals surface area contributed by atoms with Crippen molar-refractivity contribution in [3.8, 4) is 33.4 Å². The highest BCUT2D eigenvalue weighted by Crippen LogP contribution is 2.58. The number of carbonyl (C=O) groups is 4. The van der Waals surface area contributed by atoms with Crippen molar-refractivity contribution in [2.45, 2.75) is 176 Å². The van der Waals surface area contributed by atoms with E-state index in [-0.39, 0.29) is 40.9 Å². The molecule has 3 aliphatic rings. The molecule has 75 heavy (non-hydrogen) atoms. The van der Waals surface area contributed by atoms with E-state index in [1.54, 1.807) is 0 Å². The smallest absolute Gasteiger partial charge is 0.261 e. The Bertz CT molecular complexity index is 2840. The average molecular weight is 1010 g/mol. The zero-order valence-corrected chi connectivity index (χ0v) is 46.7. The Balaban J connectivity index is 1.19.